The molecule has 0 bridgehead atoms. The number of rotatable bonds is 4. The first-order valence-electron chi connectivity index (χ1n) is 9.63. The van der Waals surface area contributed by atoms with Crippen LogP contribution in [0.2, 0.25) is 5.02 Å². The van der Waals surface area contributed by atoms with Gasteiger partial charge in [-0.1, -0.05) is 60.1 Å². The minimum Gasteiger partial charge on any atom is -0.309 e. The van der Waals surface area contributed by atoms with Crippen molar-refractivity contribution in [3.05, 3.63) is 83.9 Å². The highest BCUT2D eigenvalue weighted by Gasteiger charge is 2.40. The molecule has 1 aliphatic heterocycles. The molecule has 1 amide bonds. The molecule has 30 heavy (non-hydrogen) atoms. The molecule has 7 heteroatoms. The second-order valence-electron chi connectivity index (χ2n) is 7.12. The van der Waals surface area contributed by atoms with Crippen molar-refractivity contribution in [2.45, 2.75) is 17.9 Å². The summed E-state index contributed by atoms with van der Waals surface area (Å²) in [6.45, 7) is 2.12. The van der Waals surface area contributed by atoms with Crippen LogP contribution in [0.25, 0.3) is 11.1 Å². The van der Waals surface area contributed by atoms with E-state index in [0.717, 1.165) is 16.8 Å². The van der Waals surface area contributed by atoms with Gasteiger partial charge in [-0.25, -0.2) is 8.42 Å². The van der Waals surface area contributed by atoms with Gasteiger partial charge in [0.05, 0.1) is 10.6 Å². The van der Waals surface area contributed by atoms with Gasteiger partial charge >= 0.3 is 0 Å². The third kappa shape index (κ3) is 3.74. The predicted molar refractivity (Wildman–Crippen MR) is 119 cm³/mol. The Hall–Kier alpha value is -2.67. The van der Waals surface area contributed by atoms with E-state index < -0.39 is 16.1 Å². The van der Waals surface area contributed by atoms with Crippen molar-refractivity contribution < 1.29 is 13.2 Å². The molecule has 1 atom stereocenters. The van der Waals surface area contributed by atoms with Crippen LogP contribution in [0.1, 0.15) is 6.92 Å². The average molecular weight is 441 g/mol. The number of piperazine rings is 1. The molecule has 1 fully saturated rings. The molecular weight excluding hydrogens is 420 g/mol. The number of nitrogens with zero attached hydrogens (tertiary/aromatic N) is 2. The maximum atomic E-state index is 13.3. The lowest BCUT2D eigenvalue weighted by atomic mass is 10.0. The molecule has 1 aliphatic rings. The molecule has 5 nitrogen and oxygen atoms in total. The standard InChI is InChI=1S/C23H21ClN2O3S/c1-17-23(27)25(22-10-6-5-9-21(22)18-7-3-2-4-8-18)15-16-26(17)30(28,29)20-13-11-19(24)12-14-20/h2-14,17H,15-16H2,1H3/t17-/m1/s1. The van der Waals surface area contributed by atoms with E-state index in [2.05, 4.69) is 0 Å². The van der Waals surface area contributed by atoms with Crippen molar-refractivity contribution in [2.24, 2.45) is 0 Å². The van der Waals surface area contributed by atoms with Crippen LogP contribution in [-0.4, -0.2) is 37.8 Å². The molecule has 3 aromatic carbocycles. The van der Waals surface area contributed by atoms with Crippen LogP contribution in [0.15, 0.2) is 83.8 Å². The van der Waals surface area contributed by atoms with Gasteiger partial charge in [0.2, 0.25) is 15.9 Å². The Kier molecular flexibility index (Phi) is 5.64. The highest BCUT2D eigenvalue weighted by Crippen LogP contribution is 2.33. The van der Waals surface area contributed by atoms with Crippen molar-refractivity contribution in [3.8, 4) is 11.1 Å². The molecule has 0 saturated carbocycles. The van der Waals surface area contributed by atoms with Gasteiger partial charge in [0.25, 0.3) is 0 Å². The van der Waals surface area contributed by atoms with E-state index in [1.807, 2.05) is 54.6 Å². The number of benzene rings is 3. The molecule has 0 spiro atoms. The SMILES string of the molecule is C[C@@H]1C(=O)N(c2ccccc2-c2ccccc2)CCN1S(=O)(=O)c1ccc(Cl)cc1. The molecule has 1 saturated heterocycles. The largest absolute Gasteiger partial charge is 0.309 e. The Morgan fingerprint density at radius 1 is 0.867 bits per heavy atom. The molecule has 154 valence electrons. The van der Waals surface area contributed by atoms with E-state index in [1.54, 1.807) is 11.8 Å². The van der Waals surface area contributed by atoms with Crippen LogP contribution in [0.5, 0.6) is 0 Å². The van der Waals surface area contributed by atoms with Crippen molar-refractivity contribution >= 4 is 33.2 Å². The van der Waals surface area contributed by atoms with Gasteiger partial charge in [0, 0.05) is 23.7 Å². The number of hydrogen-bond acceptors (Lipinski definition) is 3. The smallest absolute Gasteiger partial charge is 0.245 e. The lowest BCUT2D eigenvalue weighted by molar-refractivity contribution is -0.123. The number of amides is 1. The third-order valence-corrected chi connectivity index (χ3v) is 7.54. The Bertz CT molecular complexity index is 1160. The van der Waals surface area contributed by atoms with Gasteiger partial charge in [-0.05, 0) is 42.8 Å². The Morgan fingerprint density at radius 2 is 1.50 bits per heavy atom. The summed E-state index contributed by atoms with van der Waals surface area (Å²) in [5.41, 5.74) is 2.72. The summed E-state index contributed by atoms with van der Waals surface area (Å²) in [5.74, 6) is -0.248. The number of para-hydroxylation sites is 1. The zero-order valence-corrected chi connectivity index (χ0v) is 18.0. The van der Waals surface area contributed by atoms with Crippen molar-refractivity contribution in [2.75, 3.05) is 18.0 Å². The Morgan fingerprint density at radius 3 is 2.20 bits per heavy atom. The molecule has 4 rings (SSSR count). The predicted octanol–water partition coefficient (Wildman–Crippen LogP) is 4.43. The van der Waals surface area contributed by atoms with Crippen LogP contribution >= 0.6 is 11.6 Å². The summed E-state index contributed by atoms with van der Waals surface area (Å²) in [6.07, 6.45) is 0. The lowest BCUT2D eigenvalue weighted by Crippen LogP contribution is -2.57. The van der Waals surface area contributed by atoms with E-state index in [9.17, 15) is 13.2 Å². The first-order valence-corrected chi connectivity index (χ1v) is 11.4. The van der Waals surface area contributed by atoms with Gasteiger partial charge in [-0.3, -0.25) is 4.79 Å². The van der Waals surface area contributed by atoms with E-state index in [-0.39, 0.29) is 23.9 Å². The number of anilines is 1. The highest BCUT2D eigenvalue weighted by atomic mass is 35.5. The average Bonchev–Trinajstić information content (AvgIpc) is 2.76. The first kappa shape index (κ1) is 20.6. The van der Waals surface area contributed by atoms with Crippen molar-refractivity contribution in [3.63, 3.8) is 0 Å². The fraction of sp³-hybridized carbons (Fsp3) is 0.174. The van der Waals surface area contributed by atoms with Crippen molar-refractivity contribution in [1.29, 1.82) is 0 Å². The third-order valence-electron chi connectivity index (χ3n) is 5.30. The molecule has 1 heterocycles. The first-order chi connectivity index (χ1) is 14.4. The van der Waals surface area contributed by atoms with Crippen LogP contribution in [0, 0.1) is 0 Å². The summed E-state index contributed by atoms with van der Waals surface area (Å²) in [5, 5.41) is 0.459. The van der Waals surface area contributed by atoms with Gasteiger partial charge in [-0.2, -0.15) is 4.31 Å². The van der Waals surface area contributed by atoms with Gasteiger partial charge in [0.1, 0.15) is 6.04 Å². The number of halogens is 1. The second-order valence-corrected chi connectivity index (χ2v) is 9.45. The maximum absolute atomic E-state index is 13.3. The van der Waals surface area contributed by atoms with E-state index in [0.29, 0.717) is 5.02 Å². The fourth-order valence-electron chi connectivity index (χ4n) is 3.73. The van der Waals surface area contributed by atoms with Crippen LogP contribution in [0.4, 0.5) is 5.69 Å². The summed E-state index contributed by atoms with van der Waals surface area (Å²) >= 11 is 5.88. The van der Waals surface area contributed by atoms with Crippen molar-refractivity contribution in [1.82, 2.24) is 4.31 Å². The van der Waals surface area contributed by atoms with Crippen LogP contribution in [-0.2, 0) is 14.8 Å². The number of sulfonamides is 1. The van der Waals surface area contributed by atoms with Gasteiger partial charge < -0.3 is 4.90 Å². The molecule has 0 unspecified atom stereocenters. The molecule has 0 aromatic heterocycles. The summed E-state index contributed by atoms with van der Waals surface area (Å²) in [4.78, 5) is 15.1. The Balaban J connectivity index is 1.65. The minimum absolute atomic E-state index is 0.129. The topological polar surface area (TPSA) is 57.7 Å². The zero-order valence-electron chi connectivity index (χ0n) is 16.4. The molecular formula is C23H21ClN2O3S. The van der Waals surface area contributed by atoms with E-state index in [1.165, 1.54) is 28.6 Å². The molecule has 0 aliphatic carbocycles. The van der Waals surface area contributed by atoms with E-state index >= 15 is 0 Å². The maximum Gasteiger partial charge on any atom is 0.245 e. The highest BCUT2D eigenvalue weighted by molar-refractivity contribution is 7.89. The quantitative estimate of drug-likeness (QED) is 0.602. The van der Waals surface area contributed by atoms with Crippen LogP contribution in [0.3, 0.4) is 0 Å². The number of carbonyl (C=O) groups is 1. The monoisotopic (exact) mass is 440 g/mol. The summed E-state index contributed by atoms with van der Waals surface area (Å²) < 4.78 is 27.5. The van der Waals surface area contributed by atoms with E-state index in [4.69, 9.17) is 11.6 Å². The normalized spacial score (nSPS) is 17.9. The number of hydrogen-bond donors (Lipinski definition) is 0. The van der Waals surface area contributed by atoms with Gasteiger partial charge in [0.15, 0.2) is 0 Å². The lowest BCUT2D eigenvalue weighted by Gasteiger charge is -2.38. The molecule has 0 radical (unpaired) electrons. The zero-order chi connectivity index (χ0) is 21.3. The Labute approximate surface area is 181 Å². The molecule has 3 aromatic rings. The second kappa shape index (κ2) is 8.22. The summed E-state index contributed by atoms with van der Waals surface area (Å²) in [7, 11) is -3.80. The number of carbonyl (C=O) groups excluding carboxylic acids is 1. The minimum atomic E-state index is -3.80. The fourth-order valence-corrected chi connectivity index (χ4v) is 5.44. The summed E-state index contributed by atoms with van der Waals surface area (Å²) in [6, 6.07) is 22.7. The van der Waals surface area contributed by atoms with Gasteiger partial charge in [-0.15, -0.1) is 0 Å². The molecule has 0 N–H and O–H groups in total. The van der Waals surface area contributed by atoms with Crippen LogP contribution < -0.4 is 4.90 Å².